The number of hydrogen-bond donors (Lipinski definition) is 1. The molecule has 2 aliphatic rings. The molecule has 1 fully saturated rings. The minimum atomic E-state index is -0.639. The molecule has 2 aromatic rings. The molecule has 1 saturated heterocycles. The van der Waals surface area contributed by atoms with Crippen LogP contribution in [0.25, 0.3) is 0 Å². The summed E-state index contributed by atoms with van der Waals surface area (Å²) in [4.78, 5) is 24.6. The van der Waals surface area contributed by atoms with Crippen LogP contribution < -0.4 is 5.32 Å². The van der Waals surface area contributed by atoms with Crippen LogP contribution in [-0.2, 0) is 14.3 Å². The van der Waals surface area contributed by atoms with Gasteiger partial charge < -0.3 is 14.8 Å². The molecule has 164 valence electrons. The number of thiazole rings is 1. The maximum absolute atomic E-state index is 13.1. The number of benzene rings is 1. The second kappa shape index (κ2) is 10.1. The lowest BCUT2D eigenvalue weighted by Gasteiger charge is -2.32. The molecule has 31 heavy (non-hydrogen) atoms. The van der Waals surface area contributed by atoms with E-state index >= 15 is 0 Å². The van der Waals surface area contributed by atoms with E-state index in [1.54, 1.807) is 31.3 Å². The highest BCUT2D eigenvalue weighted by molar-refractivity contribution is 7.11. The van der Waals surface area contributed by atoms with Crippen molar-refractivity contribution >= 4 is 46.3 Å². The number of aliphatic imine (C=N–C) groups is 1. The third-order valence-corrected chi connectivity index (χ3v) is 6.34. The molecule has 1 aromatic heterocycles. The first-order valence-corrected chi connectivity index (χ1v) is 11.6. The lowest BCUT2D eigenvalue weighted by molar-refractivity contribution is -0.139. The maximum Gasteiger partial charge on any atom is 0.338 e. The number of esters is 1. The number of morpholine rings is 1. The monoisotopic (exact) mass is 480 g/mol. The van der Waals surface area contributed by atoms with Gasteiger partial charge in [0.05, 0.1) is 25.4 Å². The molecule has 4 rings (SSSR count). The molecular formula is C21H22Cl2N4O3S. The predicted molar refractivity (Wildman–Crippen MR) is 122 cm³/mol. The van der Waals surface area contributed by atoms with Crippen LogP contribution in [0.3, 0.4) is 0 Å². The van der Waals surface area contributed by atoms with Crippen molar-refractivity contribution in [2.24, 2.45) is 4.99 Å². The summed E-state index contributed by atoms with van der Waals surface area (Å²) in [5.74, 6) is 0.179. The number of aromatic nitrogens is 1. The first-order chi connectivity index (χ1) is 15.1. The number of carbonyl (C=O) groups is 1. The Morgan fingerprint density at radius 3 is 2.84 bits per heavy atom. The van der Waals surface area contributed by atoms with Gasteiger partial charge in [-0.25, -0.2) is 9.78 Å². The summed E-state index contributed by atoms with van der Waals surface area (Å²) in [6.45, 7) is 5.43. The zero-order valence-corrected chi connectivity index (χ0v) is 19.3. The Kier molecular flexibility index (Phi) is 7.24. The lowest BCUT2D eigenvalue weighted by atomic mass is 9.95. The van der Waals surface area contributed by atoms with Gasteiger partial charge in [0.15, 0.2) is 10.8 Å². The van der Waals surface area contributed by atoms with E-state index < -0.39 is 12.0 Å². The van der Waals surface area contributed by atoms with Crippen LogP contribution in [0.1, 0.15) is 23.5 Å². The normalized spacial score (nSPS) is 19.7. The highest BCUT2D eigenvalue weighted by Crippen LogP contribution is 2.37. The van der Waals surface area contributed by atoms with Crippen molar-refractivity contribution in [1.82, 2.24) is 15.2 Å². The summed E-state index contributed by atoms with van der Waals surface area (Å²) < 4.78 is 10.9. The summed E-state index contributed by atoms with van der Waals surface area (Å²) >= 11 is 14.1. The minimum absolute atomic E-state index is 0.261. The van der Waals surface area contributed by atoms with Crippen LogP contribution in [0.4, 0.5) is 0 Å². The number of halogens is 2. The van der Waals surface area contributed by atoms with Gasteiger partial charge in [-0.05, 0) is 19.1 Å². The summed E-state index contributed by atoms with van der Waals surface area (Å²) in [5.41, 5.74) is 1.86. The van der Waals surface area contributed by atoms with Gasteiger partial charge in [0.2, 0.25) is 0 Å². The zero-order valence-electron chi connectivity index (χ0n) is 16.9. The van der Waals surface area contributed by atoms with Crippen LogP contribution in [0.5, 0.6) is 0 Å². The number of nitrogens with zero attached hydrogens (tertiary/aromatic N) is 3. The third kappa shape index (κ3) is 5.10. The number of nitrogens with one attached hydrogen (secondary N) is 1. The quantitative estimate of drug-likeness (QED) is 0.635. The number of amidine groups is 1. The Morgan fingerprint density at radius 1 is 1.35 bits per heavy atom. The summed E-state index contributed by atoms with van der Waals surface area (Å²) in [6.07, 6.45) is 1.72. The predicted octanol–water partition coefficient (Wildman–Crippen LogP) is 3.69. The van der Waals surface area contributed by atoms with Gasteiger partial charge in [-0.3, -0.25) is 9.89 Å². The molecule has 1 atom stereocenters. The average molecular weight is 481 g/mol. The molecule has 1 aromatic carbocycles. The van der Waals surface area contributed by atoms with E-state index in [4.69, 9.17) is 37.7 Å². The molecule has 0 radical (unpaired) electrons. The van der Waals surface area contributed by atoms with Crippen molar-refractivity contribution in [3.8, 4) is 0 Å². The topological polar surface area (TPSA) is 76.0 Å². The lowest BCUT2D eigenvalue weighted by Crippen LogP contribution is -2.43. The molecule has 0 saturated carbocycles. The fourth-order valence-electron chi connectivity index (χ4n) is 3.55. The molecular weight excluding hydrogens is 459 g/mol. The van der Waals surface area contributed by atoms with Crippen LogP contribution in [-0.4, -0.2) is 61.1 Å². The summed E-state index contributed by atoms with van der Waals surface area (Å²) in [5, 5.41) is 6.92. The molecule has 0 unspecified atom stereocenters. The molecule has 0 bridgehead atoms. The largest absolute Gasteiger partial charge is 0.463 e. The van der Waals surface area contributed by atoms with Gasteiger partial charge in [-0.15, -0.1) is 11.3 Å². The van der Waals surface area contributed by atoms with Crippen molar-refractivity contribution in [2.45, 2.75) is 13.0 Å². The smallest absolute Gasteiger partial charge is 0.338 e. The van der Waals surface area contributed by atoms with Gasteiger partial charge in [-0.1, -0.05) is 29.3 Å². The first kappa shape index (κ1) is 22.2. The number of hydrogen-bond acceptors (Lipinski definition) is 8. The van der Waals surface area contributed by atoms with E-state index in [0.717, 1.165) is 23.8 Å². The van der Waals surface area contributed by atoms with Crippen molar-refractivity contribution in [3.63, 3.8) is 0 Å². The molecule has 1 N–H and O–H groups in total. The van der Waals surface area contributed by atoms with Crippen molar-refractivity contribution in [2.75, 3.05) is 39.5 Å². The zero-order chi connectivity index (χ0) is 21.8. The van der Waals surface area contributed by atoms with E-state index in [9.17, 15) is 4.79 Å². The highest BCUT2D eigenvalue weighted by Gasteiger charge is 2.34. The first-order valence-electron chi connectivity index (χ1n) is 9.96. The van der Waals surface area contributed by atoms with E-state index in [-0.39, 0.29) is 6.61 Å². The minimum Gasteiger partial charge on any atom is -0.463 e. The molecule has 3 heterocycles. The van der Waals surface area contributed by atoms with Crippen molar-refractivity contribution in [3.05, 3.63) is 61.7 Å². The number of rotatable bonds is 6. The van der Waals surface area contributed by atoms with Gasteiger partial charge in [0, 0.05) is 52.5 Å². The van der Waals surface area contributed by atoms with Crippen LogP contribution in [0, 0.1) is 0 Å². The van der Waals surface area contributed by atoms with Crippen LogP contribution in [0.2, 0.25) is 10.0 Å². The molecule has 0 spiro atoms. The highest BCUT2D eigenvalue weighted by atomic mass is 35.5. The Hall–Kier alpha value is -1.97. The van der Waals surface area contributed by atoms with Gasteiger partial charge in [-0.2, -0.15) is 0 Å². The third-order valence-electron chi connectivity index (χ3n) is 5.00. The van der Waals surface area contributed by atoms with Crippen LogP contribution in [0.15, 0.2) is 46.0 Å². The Bertz CT molecular complexity index is 1000. The van der Waals surface area contributed by atoms with Gasteiger partial charge in [0.25, 0.3) is 0 Å². The molecule has 10 heteroatoms. The second-order valence-electron chi connectivity index (χ2n) is 7.01. The molecule has 0 amide bonds. The van der Waals surface area contributed by atoms with Crippen molar-refractivity contribution < 1.29 is 14.3 Å². The molecule has 7 nitrogen and oxygen atoms in total. The Labute approximate surface area is 194 Å². The summed E-state index contributed by atoms with van der Waals surface area (Å²) in [7, 11) is 0. The summed E-state index contributed by atoms with van der Waals surface area (Å²) in [6, 6.07) is 4.56. The van der Waals surface area contributed by atoms with Gasteiger partial charge >= 0.3 is 5.97 Å². The molecule has 0 aliphatic carbocycles. The van der Waals surface area contributed by atoms with E-state index in [2.05, 4.69) is 15.2 Å². The fraction of sp³-hybridized carbons (Fsp3) is 0.381. The average Bonchev–Trinajstić information content (AvgIpc) is 3.29. The van der Waals surface area contributed by atoms with E-state index in [0.29, 0.717) is 46.8 Å². The fourth-order valence-corrected chi connectivity index (χ4v) is 4.65. The Morgan fingerprint density at radius 2 is 2.16 bits per heavy atom. The Balaban J connectivity index is 1.81. The van der Waals surface area contributed by atoms with E-state index in [1.807, 2.05) is 5.38 Å². The SMILES string of the molecule is CCOC(=O)C1=C(CN2CCOCC2)NC(c2nccs2)=N[C@H]1c1ccc(Cl)cc1Cl. The van der Waals surface area contributed by atoms with E-state index in [1.165, 1.54) is 11.3 Å². The molecule has 2 aliphatic heterocycles. The standard InChI is InChI=1S/C21H22Cl2N4O3S/c1-2-30-21(28)17-16(12-27-6-8-29-9-7-27)25-19(20-24-5-10-31-20)26-18(17)14-4-3-13(22)11-15(14)23/h3-5,10-11,18H,2,6-9,12H2,1H3,(H,25,26)/t18-/m0/s1. The second-order valence-corrected chi connectivity index (χ2v) is 8.75. The number of carbonyl (C=O) groups excluding carboxylic acids is 1. The van der Waals surface area contributed by atoms with Crippen LogP contribution >= 0.6 is 34.5 Å². The maximum atomic E-state index is 13.1. The van der Waals surface area contributed by atoms with Gasteiger partial charge in [0.1, 0.15) is 6.04 Å². The number of ether oxygens (including phenoxy) is 2. The van der Waals surface area contributed by atoms with Crippen molar-refractivity contribution in [1.29, 1.82) is 0 Å².